The van der Waals surface area contributed by atoms with E-state index in [0.29, 0.717) is 6.54 Å². The van der Waals surface area contributed by atoms with Gasteiger partial charge in [-0.25, -0.2) is 0 Å². The van der Waals surface area contributed by atoms with Crippen LogP contribution in [0.4, 0.5) is 0 Å². The Kier molecular flexibility index (Phi) is 10.5. The molecule has 22 heavy (non-hydrogen) atoms. The normalized spacial score (nSPS) is 11.6. The predicted molar refractivity (Wildman–Crippen MR) is 92.5 cm³/mol. The SMILES string of the molecule is CCN(CC)CCCCNCc1cc(C=NCCO)ccn1. The number of hydrogen-bond acceptors (Lipinski definition) is 5. The van der Waals surface area contributed by atoms with E-state index >= 15 is 0 Å². The minimum atomic E-state index is 0.0868. The predicted octanol–water partition coefficient (Wildman–Crippen LogP) is 1.70. The summed E-state index contributed by atoms with van der Waals surface area (Å²) in [4.78, 5) is 10.9. The van der Waals surface area contributed by atoms with E-state index in [-0.39, 0.29) is 6.61 Å². The summed E-state index contributed by atoms with van der Waals surface area (Å²) in [5.74, 6) is 0. The van der Waals surface area contributed by atoms with Gasteiger partial charge >= 0.3 is 0 Å². The first-order valence-electron chi connectivity index (χ1n) is 8.28. The lowest BCUT2D eigenvalue weighted by Crippen LogP contribution is -2.25. The van der Waals surface area contributed by atoms with E-state index in [1.165, 1.54) is 19.4 Å². The summed E-state index contributed by atoms with van der Waals surface area (Å²) >= 11 is 0. The fourth-order valence-corrected chi connectivity index (χ4v) is 2.24. The number of aliphatic hydroxyl groups is 1. The summed E-state index contributed by atoms with van der Waals surface area (Å²) in [5, 5.41) is 12.2. The lowest BCUT2D eigenvalue weighted by molar-refractivity contribution is 0.296. The zero-order chi connectivity index (χ0) is 16.0. The van der Waals surface area contributed by atoms with Crippen LogP contribution in [0.2, 0.25) is 0 Å². The highest BCUT2D eigenvalue weighted by atomic mass is 16.3. The van der Waals surface area contributed by atoms with E-state index in [9.17, 15) is 0 Å². The molecule has 0 amide bonds. The Labute approximate surface area is 134 Å². The molecule has 0 saturated heterocycles. The van der Waals surface area contributed by atoms with E-state index in [1.54, 1.807) is 12.4 Å². The topological polar surface area (TPSA) is 60.8 Å². The van der Waals surface area contributed by atoms with Gasteiger partial charge in [-0.05, 0) is 56.7 Å². The first-order chi connectivity index (χ1) is 10.8. The molecule has 1 aromatic rings. The number of aliphatic imine (C=N–C) groups is 1. The smallest absolute Gasteiger partial charge is 0.0626 e. The van der Waals surface area contributed by atoms with Crippen LogP contribution in [-0.4, -0.2) is 60.5 Å². The molecule has 5 nitrogen and oxygen atoms in total. The molecule has 0 spiro atoms. The largest absolute Gasteiger partial charge is 0.394 e. The Morgan fingerprint density at radius 1 is 1.32 bits per heavy atom. The maximum Gasteiger partial charge on any atom is 0.0626 e. The molecule has 0 aliphatic rings. The number of hydrogen-bond donors (Lipinski definition) is 2. The van der Waals surface area contributed by atoms with Crippen molar-refractivity contribution in [2.24, 2.45) is 4.99 Å². The second-order valence-electron chi connectivity index (χ2n) is 5.25. The van der Waals surface area contributed by atoms with Crippen LogP contribution in [0.5, 0.6) is 0 Å². The number of nitrogens with one attached hydrogen (secondary N) is 1. The van der Waals surface area contributed by atoms with Crippen molar-refractivity contribution < 1.29 is 5.11 Å². The number of nitrogens with zero attached hydrogens (tertiary/aromatic N) is 3. The van der Waals surface area contributed by atoms with Crippen LogP contribution in [0.3, 0.4) is 0 Å². The zero-order valence-electron chi connectivity index (χ0n) is 14.0. The fraction of sp³-hybridized carbons (Fsp3) is 0.647. The molecule has 2 N–H and O–H groups in total. The first kappa shape index (κ1) is 18.7. The average molecular weight is 306 g/mol. The van der Waals surface area contributed by atoms with Crippen LogP contribution in [0, 0.1) is 0 Å². The standard InChI is InChI=1S/C17H30N4O/c1-3-21(4-2)11-6-5-8-18-15-17-13-16(7-9-20-17)14-19-10-12-22/h7,9,13-14,18,22H,3-6,8,10-12,15H2,1-2H3. The van der Waals surface area contributed by atoms with Crippen molar-refractivity contribution in [3.8, 4) is 0 Å². The second kappa shape index (κ2) is 12.3. The minimum Gasteiger partial charge on any atom is -0.394 e. The third-order valence-electron chi connectivity index (χ3n) is 3.59. The Bertz CT molecular complexity index is 419. The highest BCUT2D eigenvalue weighted by Crippen LogP contribution is 2.00. The Balaban J connectivity index is 2.20. The van der Waals surface area contributed by atoms with E-state index in [0.717, 1.165) is 37.4 Å². The van der Waals surface area contributed by atoms with Gasteiger partial charge in [-0.2, -0.15) is 0 Å². The van der Waals surface area contributed by atoms with E-state index in [4.69, 9.17) is 5.11 Å². The number of aromatic nitrogens is 1. The van der Waals surface area contributed by atoms with E-state index in [2.05, 4.69) is 34.0 Å². The summed E-state index contributed by atoms with van der Waals surface area (Å²) in [6, 6.07) is 3.96. The summed E-state index contributed by atoms with van der Waals surface area (Å²) < 4.78 is 0. The molecule has 1 heterocycles. The molecule has 0 atom stereocenters. The molecule has 1 rings (SSSR count). The van der Waals surface area contributed by atoms with E-state index in [1.807, 2.05) is 12.1 Å². The van der Waals surface area contributed by atoms with Gasteiger partial charge in [0.05, 0.1) is 18.8 Å². The molecule has 124 valence electrons. The maximum atomic E-state index is 8.71. The summed E-state index contributed by atoms with van der Waals surface area (Å²) in [6.45, 7) is 10.2. The lowest BCUT2D eigenvalue weighted by atomic mass is 10.2. The molecule has 0 radical (unpaired) electrons. The van der Waals surface area contributed by atoms with Gasteiger partial charge in [0.2, 0.25) is 0 Å². The average Bonchev–Trinajstić information content (AvgIpc) is 2.55. The molecule has 0 unspecified atom stereocenters. The van der Waals surface area contributed by atoms with Gasteiger partial charge in [-0.1, -0.05) is 13.8 Å². The fourth-order valence-electron chi connectivity index (χ4n) is 2.24. The number of aliphatic hydroxyl groups excluding tert-OH is 1. The summed E-state index contributed by atoms with van der Waals surface area (Å²) in [7, 11) is 0. The quantitative estimate of drug-likeness (QED) is 0.456. The Morgan fingerprint density at radius 3 is 2.86 bits per heavy atom. The molecular formula is C17H30N4O. The van der Waals surface area contributed by atoms with Crippen LogP contribution in [0.25, 0.3) is 0 Å². The highest BCUT2D eigenvalue weighted by molar-refractivity contribution is 5.79. The van der Waals surface area contributed by atoms with Crippen molar-refractivity contribution in [2.45, 2.75) is 33.2 Å². The molecular weight excluding hydrogens is 276 g/mol. The number of pyridine rings is 1. The van der Waals surface area contributed by atoms with Crippen molar-refractivity contribution in [3.63, 3.8) is 0 Å². The van der Waals surface area contributed by atoms with Crippen LogP contribution in [-0.2, 0) is 6.54 Å². The number of unbranched alkanes of at least 4 members (excludes halogenated alkanes) is 1. The maximum absolute atomic E-state index is 8.71. The van der Waals surface area contributed by atoms with Crippen molar-refractivity contribution in [1.29, 1.82) is 0 Å². The molecule has 1 aromatic heterocycles. The first-order valence-corrected chi connectivity index (χ1v) is 8.28. The molecule has 0 aliphatic heterocycles. The van der Waals surface area contributed by atoms with Crippen LogP contribution in [0.1, 0.15) is 37.9 Å². The van der Waals surface area contributed by atoms with Gasteiger partial charge in [-0.15, -0.1) is 0 Å². The molecule has 0 aromatic carbocycles. The minimum absolute atomic E-state index is 0.0868. The highest BCUT2D eigenvalue weighted by Gasteiger charge is 1.99. The Hall–Kier alpha value is -1.30. The molecule has 0 bridgehead atoms. The van der Waals surface area contributed by atoms with Gasteiger partial charge in [0.25, 0.3) is 0 Å². The monoisotopic (exact) mass is 306 g/mol. The molecule has 0 saturated carbocycles. The third kappa shape index (κ3) is 8.22. The summed E-state index contributed by atoms with van der Waals surface area (Å²) in [6.07, 6.45) is 6.01. The van der Waals surface area contributed by atoms with Gasteiger partial charge < -0.3 is 15.3 Å². The van der Waals surface area contributed by atoms with Crippen molar-refractivity contribution in [2.75, 3.05) is 39.3 Å². The number of rotatable bonds is 12. The van der Waals surface area contributed by atoms with Crippen molar-refractivity contribution in [1.82, 2.24) is 15.2 Å². The molecule has 5 heteroatoms. The van der Waals surface area contributed by atoms with Gasteiger partial charge in [0.1, 0.15) is 0 Å². The van der Waals surface area contributed by atoms with Gasteiger partial charge in [-0.3, -0.25) is 9.98 Å². The summed E-state index contributed by atoms with van der Waals surface area (Å²) in [5.41, 5.74) is 2.05. The van der Waals surface area contributed by atoms with Crippen LogP contribution >= 0.6 is 0 Å². The van der Waals surface area contributed by atoms with Crippen molar-refractivity contribution in [3.05, 3.63) is 29.6 Å². The van der Waals surface area contributed by atoms with Crippen molar-refractivity contribution >= 4 is 6.21 Å². The van der Waals surface area contributed by atoms with Crippen LogP contribution in [0.15, 0.2) is 23.3 Å². The molecule has 0 fully saturated rings. The van der Waals surface area contributed by atoms with Crippen LogP contribution < -0.4 is 5.32 Å². The van der Waals surface area contributed by atoms with E-state index < -0.39 is 0 Å². The van der Waals surface area contributed by atoms with Gasteiger partial charge in [0.15, 0.2) is 0 Å². The lowest BCUT2D eigenvalue weighted by Gasteiger charge is -2.17. The third-order valence-corrected chi connectivity index (χ3v) is 3.59. The Morgan fingerprint density at radius 2 is 2.14 bits per heavy atom. The van der Waals surface area contributed by atoms with Gasteiger partial charge in [0, 0.05) is 19.0 Å². The second-order valence-corrected chi connectivity index (χ2v) is 5.25. The molecule has 0 aliphatic carbocycles. The zero-order valence-corrected chi connectivity index (χ0v) is 14.0.